The molecule has 26 heavy (non-hydrogen) atoms. The van der Waals surface area contributed by atoms with Crippen LogP contribution in [-0.2, 0) is 4.79 Å². The molecule has 2 N–H and O–H groups in total. The van der Waals surface area contributed by atoms with E-state index in [1.807, 2.05) is 42.5 Å². The van der Waals surface area contributed by atoms with Gasteiger partial charge in [0.1, 0.15) is 0 Å². The third-order valence-corrected chi connectivity index (χ3v) is 5.68. The van der Waals surface area contributed by atoms with E-state index in [0.29, 0.717) is 25.2 Å². The SMILES string of the molecule is O=C(Nc1ccc(-c2ccccn2)cc1)N1C[C@@H]2CCC[C@@]2(C(=O)O)C1. The summed E-state index contributed by atoms with van der Waals surface area (Å²) in [6, 6.07) is 13.0. The number of nitrogens with zero attached hydrogens (tertiary/aromatic N) is 2. The highest BCUT2D eigenvalue weighted by Gasteiger charge is 2.55. The van der Waals surface area contributed by atoms with E-state index in [2.05, 4.69) is 10.3 Å². The van der Waals surface area contributed by atoms with Crippen molar-refractivity contribution in [3.05, 3.63) is 48.7 Å². The van der Waals surface area contributed by atoms with Crippen LogP contribution in [0.2, 0.25) is 0 Å². The summed E-state index contributed by atoms with van der Waals surface area (Å²) in [6.07, 6.45) is 4.22. The summed E-state index contributed by atoms with van der Waals surface area (Å²) < 4.78 is 0. The van der Waals surface area contributed by atoms with Gasteiger partial charge in [0.05, 0.1) is 11.1 Å². The third kappa shape index (κ3) is 2.81. The van der Waals surface area contributed by atoms with Crippen molar-refractivity contribution in [2.45, 2.75) is 19.3 Å². The van der Waals surface area contributed by atoms with Crippen LogP contribution in [0.15, 0.2) is 48.7 Å². The molecule has 2 heterocycles. The second-order valence-electron chi connectivity index (χ2n) is 7.15. The molecule has 1 saturated heterocycles. The molecule has 2 atom stereocenters. The molecule has 6 nitrogen and oxygen atoms in total. The number of hydrogen-bond donors (Lipinski definition) is 2. The number of benzene rings is 1. The molecule has 1 aliphatic carbocycles. The highest BCUT2D eigenvalue weighted by molar-refractivity contribution is 5.91. The van der Waals surface area contributed by atoms with Crippen LogP contribution in [-0.4, -0.2) is 40.1 Å². The molecule has 0 unspecified atom stereocenters. The Morgan fingerprint density at radius 1 is 1.19 bits per heavy atom. The molecule has 2 amide bonds. The number of anilines is 1. The highest BCUT2D eigenvalue weighted by atomic mass is 16.4. The Hall–Kier alpha value is -2.89. The Labute approximate surface area is 151 Å². The molecule has 2 aromatic rings. The number of aliphatic carboxylic acids is 1. The summed E-state index contributed by atoms with van der Waals surface area (Å²) in [5, 5.41) is 12.5. The first kappa shape index (κ1) is 16.6. The summed E-state index contributed by atoms with van der Waals surface area (Å²) in [5.74, 6) is -0.702. The molecule has 0 spiro atoms. The fourth-order valence-electron chi connectivity index (χ4n) is 4.25. The van der Waals surface area contributed by atoms with Crippen LogP contribution in [0.1, 0.15) is 19.3 Å². The fourth-order valence-corrected chi connectivity index (χ4v) is 4.25. The van der Waals surface area contributed by atoms with Gasteiger partial charge in [0.15, 0.2) is 0 Å². The maximum atomic E-state index is 12.6. The second-order valence-corrected chi connectivity index (χ2v) is 7.15. The van der Waals surface area contributed by atoms with Crippen molar-refractivity contribution in [3.63, 3.8) is 0 Å². The van der Waals surface area contributed by atoms with Gasteiger partial charge in [-0.05, 0) is 43.0 Å². The minimum absolute atomic E-state index is 0.0669. The summed E-state index contributed by atoms with van der Waals surface area (Å²) in [5.41, 5.74) is 1.79. The molecule has 2 fully saturated rings. The van der Waals surface area contributed by atoms with Crippen molar-refractivity contribution in [3.8, 4) is 11.3 Å². The van der Waals surface area contributed by atoms with Crippen LogP contribution < -0.4 is 5.32 Å². The average molecular weight is 351 g/mol. The molecule has 1 aromatic heterocycles. The number of carbonyl (C=O) groups is 2. The lowest BCUT2D eigenvalue weighted by Gasteiger charge is -2.23. The maximum absolute atomic E-state index is 12.6. The maximum Gasteiger partial charge on any atom is 0.321 e. The van der Waals surface area contributed by atoms with Gasteiger partial charge in [0, 0.05) is 30.5 Å². The van der Waals surface area contributed by atoms with Crippen LogP contribution in [0, 0.1) is 11.3 Å². The number of carbonyl (C=O) groups excluding carboxylic acids is 1. The first-order valence-electron chi connectivity index (χ1n) is 8.89. The molecule has 0 bridgehead atoms. The quantitative estimate of drug-likeness (QED) is 0.887. The number of carboxylic acid groups (broad SMARTS) is 1. The lowest BCUT2D eigenvalue weighted by molar-refractivity contribution is -0.149. The normalized spacial score (nSPS) is 24.3. The molecule has 134 valence electrons. The van der Waals surface area contributed by atoms with Crippen molar-refractivity contribution in [1.82, 2.24) is 9.88 Å². The number of likely N-dealkylation sites (tertiary alicyclic amines) is 1. The first-order chi connectivity index (χ1) is 12.6. The monoisotopic (exact) mass is 351 g/mol. The largest absolute Gasteiger partial charge is 0.481 e. The topological polar surface area (TPSA) is 82.5 Å². The number of aromatic nitrogens is 1. The van der Waals surface area contributed by atoms with E-state index < -0.39 is 11.4 Å². The summed E-state index contributed by atoms with van der Waals surface area (Å²) >= 11 is 0. The van der Waals surface area contributed by atoms with Gasteiger partial charge in [0.2, 0.25) is 0 Å². The van der Waals surface area contributed by atoms with E-state index in [1.165, 1.54) is 0 Å². The van der Waals surface area contributed by atoms with Gasteiger partial charge in [0.25, 0.3) is 0 Å². The highest BCUT2D eigenvalue weighted by Crippen LogP contribution is 2.48. The van der Waals surface area contributed by atoms with E-state index >= 15 is 0 Å². The molecule has 1 aliphatic heterocycles. The molecular formula is C20H21N3O3. The van der Waals surface area contributed by atoms with Crippen LogP contribution in [0.25, 0.3) is 11.3 Å². The molecule has 4 rings (SSSR count). The minimum Gasteiger partial charge on any atom is -0.481 e. The van der Waals surface area contributed by atoms with Crippen LogP contribution >= 0.6 is 0 Å². The Balaban J connectivity index is 1.43. The van der Waals surface area contributed by atoms with Crippen molar-refractivity contribution in [2.24, 2.45) is 11.3 Å². The second kappa shape index (κ2) is 6.44. The number of urea groups is 1. The number of pyridine rings is 1. The van der Waals surface area contributed by atoms with Gasteiger partial charge in [-0.3, -0.25) is 9.78 Å². The van der Waals surface area contributed by atoms with Gasteiger partial charge in [-0.25, -0.2) is 4.79 Å². The molecule has 1 saturated carbocycles. The van der Waals surface area contributed by atoms with Crippen LogP contribution in [0.3, 0.4) is 0 Å². The lowest BCUT2D eigenvalue weighted by Crippen LogP contribution is -2.38. The minimum atomic E-state index is -0.769. The molecule has 6 heteroatoms. The Morgan fingerprint density at radius 3 is 2.65 bits per heavy atom. The Kier molecular flexibility index (Phi) is 4.11. The first-order valence-corrected chi connectivity index (χ1v) is 8.89. The standard InChI is InChI=1S/C20H21N3O3/c24-18(25)20-10-3-4-15(20)12-23(13-20)19(26)22-16-8-6-14(7-9-16)17-5-1-2-11-21-17/h1-2,5-9,11,15H,3-4,10,12-13H2,(H,22,26)(H,24,25)/t15-,20+/m0/s1. The zero-order valence-electron chi connectivity index (χ0n) is 14.4. The molecule has 0 radical (unpaired) electrons. The number of rotatable bonds is 3. The van der Waals surface area contributed by atoms with Gasteiger partial charge in [-0.1, -0.05) is 24.6 Å². The average Bonchev–Trinajstić information content (AvgIpc) is 3.22. The smallest absolute Gasteiger partial charge is 0.321 e. The van der Waals surface area contributed by atoms with Gasteiger partial charge >= 0.3 is 12.0 Å². The van der Waals surface area contributed by atoms with E-state index in [-0.39, 0.29) is 11.9 Å². The third-order valence-electron chi connectivity index (χ3n) is 5.68. The molecule has 1 aromatic carbocycles. The van der Waals surface area contributed by atoms with Crippen molar-refractivity contribution in [1.29, 1.82) is 0 Å². The predicted molar refractivity (Wildman–Crippen MR) is 97.7 cm³/mol. The molecule has 2 aliphatic rings. The van der Waals surface area contributed by atoms with Crippen molar-refractivity contribution in [2.75, 3.05) is 18.4 Å². The van der Waals surface area contributed by atoms with E-state index in [4.69, 9.17) is 0 Å². The zero-order valence-corrected chi connectivity index (χ0v) is 14.4. The number of carboxylic acids is 1. The number of fused-ring (bicyclic) bond motifs is 1. The Morgan fingerprint density at radius 2 is 2.00 bits per heavy atom. The zero-order chi connectivity index (χ0) is 18.1. The van der Waals surface area contributed by atoms with Crippen molar-refractivity contribution >= 4 is 17.7 Å². The summed E-state index contributed by atoms with van der Waals surface area (Å²) in [4.78, 5) is 30.3. The number of hydrogen-bond acceptors (Lipinski definition) is 3. The van der Waals surface area contributed by atoms with E-state index in [1.54, 1.807) is 11.1 Å². The summed E-state index contributed by atoms with van der Waals surface area (Å²) in [7, 11) is 0. The van der Waals surface area contributed by atoms with Gasteiger partial charge in [-0.2, -0.15) is 0 Å². The van der Waals surface area contributed by atoms with Crippen LogP contribution in [0.5, 0.6) is 0 Å². The Bertz CT molecular complexity index is 822. The van der Waals surface area contributed by atoms with Gasteiger partial charge < -0.3 is 15.3 Å². The van der Waals surface area contributed by atoms with Crippen LogP contribution in [0.4, 0.5) is 10.5 Å². The van der Waals surface area contributed by atoms with E-state index in [9.17, 15) is 14.7 Å². The fraction of sp³-hybridized carbons (Fsp3) is 0.350. The lowest BCUT2D eigenvalue weighted by atomic mass is 9.81. The van der Waals surface area contributed by atoms with Crippen molar-refractivity contribution < 1.29 is 14.7 Å². The molecular weight excluding hydrogens is 330 g/mol. The number of nitrogens with one attached hydrogen (secondary N) is 1. The number of amides is 2. The summed E-state index contributed by atoms with van der Waals surface area (Å²) in [6.45, 7) is 0.814. The van der Waals surface area contributed by atoms with Gasteiger partial charge in [-0.15, -0.1) is 0 Å². The predicted octanol–water partition coefficient (Wildman–Crippen LogP) is 3.47. The van der Waals surface area contributed by atoms with E-state index in [0.717, 1.165) is 24.1 Å².